The largest absolute Gasteiger partial charge is 0.507 e. The van der Waals surface area contributed by atoms with Crippen LogP contribution >= 0.6 is 48.6 Å². The third-order valence-corrected chi connectivity index (χ3v) is 3.10. The minimum Gasteiger partial charge on any atom is -0.507 e. The van der Waals surface area contributed by atoms with Crippen LogP contribution in [-0.2, 0) is 0 Å². The Morgan fingerprint density at radius 3 is 2.35 bits per heavy atom. The Bertz CT molecular complexity index is 626. The van der Waals surface area contributed by atoms with E-state index >= 15 is 0 Å². The molecule has 0 aliphatic heterocycles. The lowest BCUT2D eigenvalue weighted by Gasteiger charge is -2.00. The summed E-state index contributed by atoms with van der Waals surface area (Å²) in [5.41, 5.74) is 2.78. The second-order valence-corrected chi connectivity index (χ2v) is 4.03. The zero-order valence-corrected chi connectivity index (χ0v) is 11.8. The van der Waals surface area contributed by atoms with Crippen LogP contribution in [0.5, 0.6) is 5.75 Å². The van der Waals surface area contributed by atoms with Crippen LogP contribution in [0, 0.1) is 0 Å². The minimum atomic E-state index is 0. The molecular weight excluding hydrogens is 301 g/mol. The monoisotopic (exact) mass is 309 g/mol. The number of phenols is 1. The van der Waals surface area contributed by atoms with Gasteiger partial charge in [-0.15, -0.1) is 48.6 Å². The van der Waals surface area contributed by atoms with Crippen LogP contribution < -0.4 is 0 Å². The van der Waals surface area contributed by atoms with Gasteiger partial charge >= 0.3 is 0 Å². The molecule has 0 amide bonds. The molecule has 3 rings (SSSR count). The van der Waals surface area contributed by atoms with E-state index in [-0.39, 0.29) is 37.2 Å². The number of rotatable bonds is 0. The molecule has 92 valence electrons. The Labute approximate surface area is 121 Å². The van der Waals surface area contributed by atoms with Crippen molar-refractivity contribution in [3.63, 3.8) is 0 Å². The highest BCUT2D eigenvalue weighted by molar-refractivity contribution is 7.16. The van der Waals surface area contributed by atoms with Crippen LogP contribution in [-0.4, -0.2) is 10.1 Å². The van der Waals surface area contributed by atoms with Crippen molar-refractivity contribution in [2.75, 3.05) is 0 Å². The van der Waals surface area contributed by atoms with Crippen molar-refractivity contribution < 1.29 is 5.11 Å². The van der Waals surface area contributed by atoms with E-state index in [4.69, 9.17) is 0 Å². The Morgan fingerprint density at radius 2 is 1.65 bits per heavy atom. The molecule has 1 aromatic heterocycles. The molecule has 0 spiro atoms. The number of halogens is 3. The number of benzene rings is 2. The SMILES string of the molecule is Cl.Cl.Cl.Oc1cc2scnc2c2ccccc12. The van der Waals surface area contributed by atoms with Crippen molar-refractivity contribution in [1.82, 2.24) is 4.98 Å². The first-order valence-corrected chi connectivity index (χ1v) is 5.18. The molecule has 2 aromatic carbocycles. The molecule has 0 radical (unpaired) electrons. The van der Waals surface area contributed by atoms with Crippen LogP contribution in [0.4, 0.5) is 0 Å². The zero-order valence-electron chi connectivity index (χ0n) is 8.49. The van der Waals surface area contributed by atoms with Crippen molar-refractivity contribution in [2.24, 2.45) is 0 Å². The maximum absolute atomic E-state index is 9.77. The molecule has 0 fully saturated rings. The number of aromatic nitrogens is 1. The van der Waals surface area contributed by atoms with E-state index in [1.807, 2.05) is 24.3 Å². The van der Waals surface area contributed by atoms with Gasteiger partial charge in [0.1, 0.15) is 5.75 Å². The van der Waals surface area contributed by atoms with Crippen molar-refractivity contribution in [3.05, 3.63) is 35.8 Å². The average Bonchev–Trinajstić information content (AvgIpc) is 2.66. The van der Waals surface area contributed by atoms with E-state index in [9.17, 15) is 5.11 Å². The summed E-state index contributed by atoms with van der Waals surface area (Å²) in [5.74, 6) is 0.331. The van der Waals surface area contributed by atoms with Gasteiger partial charge in [0.05, 0.1) is 15.7 Å². The Hall–Kier alpha value is -0.740. The highest BCUT2D eigenvalue weighted by atomic mass is 35.5. The summed E-state index contributed by atoms with van der Waals surface area (Å²) in [7, 11) is 0. The first-order chi connectivity index (χ1) is 6.86. The fourth-order valence-corrected chi connectivity index (χ4v) is 2.40. The molecule has 0 unspecified atom stereocenters. The molecule has 0 bridgehead atoms. The van der Waals surface area contributed by atoms with E-state index < -0.39 is 0 Å². The van der Waals surface area contributed by atoms with Gasteiger partial charge in [-0.1, -0.05) is 24.3 Å². The maximum Gasteiger partial charge on any atom is 0.124 e. The highest BCUT2D eigenvalue weighted by Crippen LogP contribution is 2.33. The topological polar surface area (TPSA) is 33.1 Å². The normalized spacial score (nSPS) is 9.18. The number of thiazole rings is 1. The minimum absolute atomic E-state index is 0. The van der Waals surface area contributed by atoms with Gasteiger partial charge in [0.15, 0.2) is 0 Å². The number of nitrogens with zero attached hydrogens (tertiary/aromatic N) is 1. The van der Waals surface area contributed by atoms with E-state index in [1.165, 1.54) is 0 Å². The van der Waals surface area contributed by atoms with Crippen molar-refractivity contribution in [1.29, 1.82) is 0 Å². The average molecular weight is 311 g/mol. The predicted octanol–water partition coefficient (Wildman–Crippen LogP) is 4.42. The third kappa shape index (κ3) is 2.58. The fourth-order valence-electron chi connectivity index (χ4n) is 1.67. The summed E-state index contributed by atoms with van der Waals surface area (Å²) in [4.78, 5) is 4.30. The lowest BCUT2D eigenvalue weighted by molar-refractivity contribution is 0.482. The van der Waals surface area contributed by atoms with E-state index in [2.05, 4.69) is 4.98 Å². The Kier molecular flexibility index (Phi) is 5.99. The number of hydrogen-bond acceptors (Lipinski definition) is 3. The Balaban J connectivity index is 0.000000853. The van der Waals surface area contributed by atoms with Crippen LogP contribution in [0.2, 0.25) is 0 Å². The second-order valence-electron chi connectivity index (χ2n) is 3.14. The molecule has 0 atom stereocenters. The van der Waals surface area contributed by atoms with E-state index in [1.54, 1.807) is 22.9 Å². The van der Waals surface area contributed by atoms with Gasteiger partial charge < -0.3 is 5.11 Å². The Morgan fingerprint density at radius 1 is 1.00 bits per heavy atom. The molecular formula is C11H10Cl3NOS. The summed E-state index contributed by atoms with van der Waals surface area (Å²) >= 11 is 1.55. The summed E-state index contributed by atoms with van der Waals surface area (Å²) in [5, 5.41) is 11.7. The molecule has 1 heterocycles. The first kappa shape index (κ1) is 16.3. The van der Waals surface area contributed by atoms with Crippen molar-refractivity contribution >= 4 is 69.5 Å². The summed E-state index contributed by atoms with van der Waals surface area (Å²) in [6.45, 7) is 0. The van der Waals surface area contributed by atoms with Crippen molar-refractivity contribution in [3.8, 4) is 5.75 Å². The van der Waals surface area contributed by atoms with Gasteiger partial charge in [-0.2, -0.15) is 0 Å². The van der Waals surface area contributed by atoms with Gasteiger partial charge in [0.25, 0.3) is 0 Å². The smallest absolute Gasteiger partial charge is 0.124 e. The molecule has 0 aliphatic rings. The lowest BCUT2D eigenvalue weighted by atomic mass is 10.1. The molecule has 1 N–H and O–H groups in total. The second kappa shape index (κ2) is 6.26. The van der Waals surface area contributed by atoms with Crippen LogP contribution in [0.15, 0.2) is 35.8 Å². The van der Waals surface area contributed by atoms with Crippen molar-refractivity contribution in [2.45, 2.75) is 0 Å². The summed E-state index contributed by atoms with van der Waals surface area (Å²) in [6, 6.07) is 9.54. The quantitative estimate of drug-likeness (QED) is 0.666. The molecule has 17 heavy (non-hydrogen) atoms. The fraction of sp³-hybridized carbons (Fsp3) is 0. The zero-order chi connectivity index (χ0) is 9.54. The van der Waals surface area contributed by atoms with E-state index in [0.29, 0.717) is 5.75 Å². The molecule has 3 aromatic rings. The van der Waals surface area contributed by atoms with Crippen LogP contribution in [0.25, 0.3) is 21.0 Å². The molecule has 0 saturated carbocycles. The lowest BCUT2D eigenvalue weighted by Crippen LogP contribution is -1.75. The standard InChI is InChI=1S/C11H7NOS.3ClH/c13-9-5-10-11(12-6-14-10)8-4-2-1-3-7(8)9;;;/h1-6,13H;3*1H. The number of aromatic hydroxyl groups is 1. The van der Waals surface area contributed by atoms with Gasteiger partial charge in [-0.05, 0) is 6.07 Å². The molecule has 0 aliphatic carbocycles. The maximum atomic E-state index is 9.77. The third-order valence-electron chi connectivity index (χ3n) is 2.32. The van der Waals surface area contributed by atoms with Crippen LogP contribution in [0.1, 0.15) is 0 Å². The van der Waals surface area contributed by atoms with Gasteiger partial charge in [-0.3, -0.25) is 0 Å². The van der Waals surface area contributed by atoms with Crippen LogP contribution in [0.3, 0.4) is 0 Å². The number of fused-ring (bicyclic) bond motifs is 3. The number of phenolic OH excluding ortho intramolecular Hbond substituents is 1. The van der Waals surface area contributed by atoms with Gasteiger partial charge in [0, 0.05) is 10.8 Å². The summed E-state index contributed by atoms with van der Waals surface area (Å²) in [6.07, 6.45) is 0. The summed E-state index contributed by atoms with van der Waals surface area (Å²) < 4.78 is 1.03. The molecule has 0 saturated heterocycles. The van der Waals surface area contributed by atoms with E-state index in [0.717, 1.165) is 21.0 Å². The number of hydrogen-bond donors (Lipinski definition) is 1. The molecule has 6 heteroatoms. The molecule has 2 nitrogen and oxygen atoms in total. The highest BCUT2D eigenvalue weighted by Gasteiger charge is 2.06. The van der Waals surface area contributed by atoms with Gasteiger partial charge in [-0.25, -0.2) is 4.98 Å². The van der Waals surface area contributed by atoms with Gasteiger partial charge in [0.2, 0.25) is 0 Å². The predicted molar refractivity (Wildman–Crippen MR) is 80.5 cm³/mol. The first-order valence-electron chi connectivity index (χ1n) is 4.30.